The third-order valence-corrected chi connectivity index (χ3v) is 4.18. The second kappa shape index (κ2) is 6.80. The predicted octanol–water partition coefficient (Wildman–Crippen LogP) is 3.46. The summed E-state index contributed by atoms with van der Waals surface area (Å²) in [4.78, 5) is 0. The molecule has 108 valence electrons. The number of hydrogen-bond acceptors (Lipinski definition) is 2. The van der Waals surface area contributed by atoms with Crippen LogP contribution in [0.4, 0.5) is 8.78 Å². The Bertz CT molecular complexity index is 248. The van der Waals surface area contributed by atoms with Gasteiger partial charge in [0, 0.05) is 33.0 Å². The van der Waals surface area contributed by atoms with Gasteiger partial charge in [-0.15, -0.1) is 0 Å². The quantitative estimate of drug-likeness (QED) is 0.677. The molecule has 0 spiro atoms. The number of hydrogen-bond donors (Lipinski definition) is 1. The molecular formula is C14H27F2NO. The Hall–Kier alpha value is -0.220. The predicted molar refractivity (Wildman–Crippen MR) is 70.0 cm³/mol. The number of methoxy groups -OCH3 is 1. The molecule has 2 unspecified atom stereocenters. The van der Waals surface area contributed by atoms with Crippen LogP contribution in [0.3, 0.4) is 0 Å². The molecule has 1 aliphatic carbocycles. The summed E-state index contributed by atoms with van der Waals surface area (Å²) in [6.07, 6.45) is 2.77. The Morgan fingerprint density at radius 3 is 2.67 bits per heavy atom. The number of halogens is 2. The molecule has 0 amide bonds. The summed E-state index contributed by atoms with van der Waals surface area (Å²) < 4.78 is 31.4. The molecule has 0 aromatic carbocycles. The molecule has 0 aliphatic heterocycles. The van der Waals surface area contributed by atoms with Crippen LogP contribution in [-0.4, -0.2) is 32.7 Å². The van der Waals surface area contributed by atoms with E-state index in [0.717, 1.165) is 25.9 Å². The molecule has 0 aromatic heterocycles. The zero-order chi connectivity index (χ0) is 13.6. The van der Waals surface area contributed by atoms with Crippen molar-refractivity contribution < 1.29 is 13.5 Å². The maximum atomic E-state index is 13.2. The highest BCUT2D eigenvalue weighted by Gasteiger charge is 2.41. The Labute approximate surface area is 109 Å². The number of ether oxygens (including phenoxy) is 1. The Balaban J connectivity index is 2.35. The van der Waals surface area contributed by atoms with Gasteiger partial charge in [0.15, 0.2) is 0 Å². The minimum absolute atomic E-state index is 0.0779. The van der Waals surface area contributed by atoms with Crippen molar-refractivity contribution in [2.75, 3.05) is 26.8 Å². The van der Waals surface area contributed by atoms with Gasteiger partial charge >= 0.3 is 0 Å². The van der Waals surface area contributed by atoms with Gasteiger partial charge in [0.2, 0.25) is 5.92 Å². The first kappa shape index (κ1) is 15.8. The van der Waals surface area contributed by atoms with Gasteiger partial charge in [-0.25, -0.2) is 8.78 Å². The fourth-order valence-electron chi connectivity index (χ4n) is 2.82. The second-order valence-electron chi connectivity index (χ2n) is 6.00. The smallest absolute Gasteiger partial charge is 0.248 e. The average molecular weight is 263 g/mol. The zero-order valence-corrected chi connectivity index (χ0v) is 11.9. The monoisotopic (exact) mass is 263 g/mol. The van der Waals surface area contributed by atoms with Crippen molar-refractivity contribution in [3.63, 3.8) is 0 Å². The highest BCUT2D eigenvalue weighted by atomic mass is 19.3. The number of alkyl halides is 2. The van der Waals surface area contributed by atoms with Gasteiger partial charge in [0.25, 0.3) is 0 Å². The van der Waals surface area contributed by atoms with Crippen LogP contribution in [0, 0.1) is 11.3 Å². The summed E-state index contributed by atoms with van der Waals surface area (Å²) in [5.41, 5.74) is 0.124. The largest absolute Gasteiger partial charge is 0.383 e. The maximum Gasteiger partial charge on any atom is 0.248 e. The molecule has 4 heteroatoms. The Morgan fingerprint density at radius 1 is 1.44 bits per heavy atom. The van der Waals surface area contributed by atoms with E-state index in [1.165, 1.54) is 0 Å². The third-order valence-electron chi connectivity index (χ3n) is 4.18. The SMILES string of the molecule is CCC(C)(CNCCOC)CC1CCC(F)(F)C1. The van der Waals surface area contributed by atoms with Gasteiger partial charge < -0.3 is 10.1 Å². The van der Waals surface area contributed by atoms with Crippen LogP contribution in [0.1, 0.15) is 46.0 Å². The van der Waals surface area contributed by atoms with E-state index in [4.69, 9.17) is 4.74 Å². The standard InChI is InChI=1S/C14H27F2NO/c1-4-13(2,11-17-7-8-18-3)9-12-5-6-14(15,16)10-12/h12,17H,4-11H2,1-3H3. The van der Waals surface area contributed by atoms with E-state index in [-0.39, 0.29) is 24.2 Å². The molecule has 1 N–H and O–H groups in total. The molecule has 2 atom stereocenters. The summed E-state index contributed by atoms with van der Waals surface area (Å²) in [5.74, 6) is -2.22. The van der Waals surface area contributed by atoms with Crippen LogP contribution in [0.2, 0.25) is 0 Å². The number of nitrogens with one attached hydrogen (secondary N) is 1. The van der Waals surface area contributed by atoms with Crippen molar-refractivity contribution in [1.82, 2.24) is 5.32 Å². The van der Waals surface area contributed by atoms with E-state index in [9.17, 15) is 8.78 Å². The van der Waals surface area contributed by atoms with E-state index in [2.05, 4.69) is 19.2 Å². The lowest BCUT2D eigenvalue weighted by Gasteiger charge is -2.31. The summed E-state index contributed by atoms with van der Waals surface area (Å²) in [6.45, 7) is 6.75. The average Bonchev–Trinajstić information content (AvgIpc) is 2.64. The van der Waals surface area contributed by atoms with Crippen molar-refractivity contribution in [3.8, 4) is 0 Å². The fraction of sp³-hybridized carbons (Fsp3) is 1.00. The second-order valence-corrected chi connectivity index (χ2v) is 6.00. The van der Waals surface area contributed by atoms with Gasteiger partial charge in [0.05, 0.1) is 6.61 Å². The third kappa shape index (κ3) is 5.19. The maximum absolute atomic E-state index is 13.2. The van der Waals surface area contributed by atoms with Crippen molar-refractivity contribution in [2.24, 2.45) is 11.3 Å². The van der Waals surface area contributed by atoms with E-state index in [1.54, 1.807) is 7.11 Å². The first-order valence-corrected chi connectivity index (χ1v) is 6.98. The lowest BCUT2D eigenvalue weighted by Crippen LogP contribution is -2.34. The van der Waals surface area contributed by atoms with Crippen LogP contribution in [0.25, 0.3) is 0 Å². The van der Waals surface area contributed by atoms with Crippen LogP contribution in [-0.2, 0) is 4.74 Å². The molecule has 1 aliphatic rings. The van der Waals surface area contributed by atoms with E-state index < -0.39 is 5.92 Å². The van der Waals surface area contributed by atoms with Crippen LogP contribution >= 0.6 is 0 Å². The van der Waals surface area contributed by atoms with Crippen molar-refractivity contribution in [1.29, 1.82) is 0 Å². The van der Waals surface area contributed by atoms with Gasteiger partial charge in [-0.1, -0.05) is 13.8 Å². The molecule has 1 saturated carbocycles. The normalized spacial score (nSPS) is 26.2. The molecule has 1 fully saturated rings. The van der Waals surface area contributed by atoms with Gasteiger partial charge in [0.1, 0.15) is 0 Å². The molecular weight excluding hydrogens is 236 g/mol. The van der Waals surface area contributed by atoms with Crippen LogP contribution < -0.4 is 5.32 Å². The van der Waals surface area contributed by atoms with Gasteiger partial charge in [-0.05, 0) is 30.6 Å². The Kier molecular flexibility index (Phi) is 5.99. The zero-order valence-electron chi connectivity index (χ0n) is 11.9. The minimum atomic E-state index is -2.41. The van der Waals surface area contributed by atoms with E-state index >= 15 is 0 Å². The number of rotatable bonds is 8. The molecule has 0 heterocycles. The Morgan fingerprint density at radius 2 is 2.17 bits per heavy atom. The molecule has 1 rings (SSSR count). The van der Waals surface area contributed by atoms with E-state index in [0.29, 0.717) is 13.0 Å². The lowest BCUT2D eigenvalue weighted by atomic mass is 9.78. The molecule has 0 radical (unpaired) electrons. The highest BCUT2D eigenvalue weighted by molar-refractivity contribution is 4.87. The summed E-state index contributed by atoms with van der Waals surface area (Å²) in [6, 6.07) is 0. The van der Waals surface area contributed by atoms with Crippen LogP contribution in [0.5, 0.6) is 0 Å². The summed E-state index contributed by atoms with van der Waals surface area (Å²) in [5, 5.41) is 3.36. The van der Waals surface area contributed by atoms with Crippen molar-refractivity contribution in [2.45, 2.75) is 51.9 Å². The van der Waals surface area contributed by atoms with Crippen LogP contribution in [0.15, 0.2) is 0 Å². The topological polar surface area (TPSA) is 21.3 Å². The lowest BCUT2D eigenvalue weighted by molar-refractivity contribution is 0.00280. The van der Waals surface area contributed by atoms with Crippen molar-refractivity contribution in [3.05, 3.63) is 0 Å². The minimum Gasteiger partial charge on any atom is -0.383 e. The van der Waals surface area contributed by atoms with E-state index in [1.807, 2.05) is 0 Å². The van der Waals surface area contributed by atoms with Gasteiger partial charge in [-0.3, -0.25) is 0 Å². The highest BCUT2D eigenvalue weighted by Crippen LogP contribution is 2.44. The fourth-order valence-corrected chi connectivity index (χ4v) is 2.82. The first-order chi connectivity index (χ1) is 8.41. The molecule has 2 nitrogen and oxygen atoms in total. The molecule has 0 saturated heterocycles. The molecule has 0 bridgehead atoms. The summed E-state index contributed by atoms with van der Waals surface area (Å²) >= 11 is 0. The van der Waals surface area contributed by atoms with Crippen molar-refractivity contribution >= 4 is 0 Å². The summed E-state index contributed by atoms with van der Waals surface area (Å²) in [7, 11) is 1.68. The first-order valence-electron chi connectivity index (χ1n) is 6.98. The van der Waals surface area contributed by atoms with Gasteiger partial charge in [-0.2, -0.15) is 0 Å². The molecule has 18 heavy (non-hydrogen) atoms. The molecule has 0 aromatic rings.